The number of aliphatic hydroxyl groups is 1. The van der Waals surface area contributed by atoms with Gasteiger partial charge in [-0.1, -0.05) is 0 Å². The lowest BCUT2D eigenvalue weighted by atomic mass is 9.86. The van der Waals surface area contributed by atoms with E-state index in [2.05, 4.69) is 4.57 Å². The first-order chi connectivity index (χ1) is 6.22. The van der Waals surface area contributed by atoms with Crippen molar-refractivity contribution in [3.63, 3.8) is 0 Å². The second-order valence-electron chi connectivity index (χ2n) is 3.89. The van der Waals surface area contributed by atoms with Crippen LogP contribution >= 0.6 is 0 Å². The van der Waals surface area contributed by atoms with Crippen LogP contribution in [0.25, 0.3) is 0 Å². The maximum Gasteiger partial charge on any atom is 0.0810 e. The lowest BCUT2D eigenvalue weighted by molar-refractivity contribution is 0.132. The Morgan fingerprint density at radius 3 is 3.15 bits per heavy atom. The SMILES string of the molecule is Cn1ccc2c1CC(CN)CC2O. The zero-order valence-electron chi connectivity index (χ0n) is 7.90. The first-order valence-electron chi connectivity index (χ1n) is 4.74. The lowest BCUT2D eigenvalue weighted by Crippen LogP contribution is -2.25. The molecule has 1 aromatic rings. The van der Waals surface area contributed by atoms with E-state index in [1.807, 2.05) is 19.3 Å². The fraction of sp³-hybridized carbons (Fsp3) is 0.600. The van der Waals surface area contributed by atoms with E-state index in [9.17, 15) is 5.11 Å². The van der Waals surface area contributed by atoms with Crippen LogP contribution in [0, 0.1) is 5.92 Å². The van der Waals surface area contributed by atoms with Gasteiger partial charge in [-0.3, -0.25) is 0 Å². The van der Waals surface area contributed by atoms with Crippen molar-refractivity contribution in [2.75, 3.05) is 6.54 Å². The maximum atomic E-state index is 9.81. The smallest absolute Gasteiger partial charge is 0.0810 e. The summed E-state index contributed by atoms with van der Waals surface area (Å²) in [6.07, 6.45) is 3.52. The van der Waals surface area contributed by atoms with E-state index in [0.29, 0.717) is 12.5 Å². The molecule has 0 aromatic carbocycles. The molecule has 2 unspecified atom stereocenters. The predicted molar refractivity (Wildman–Crippen MR) is 51.2 cm³/mol. The van der Waals surface area contributed by atoms with Crippen LogP contribution in [0.4, 0.5) is 0 Å². The zero-order chi connectivity index (χ0) is 9.42. The molecule has 3 nitrogen and oxygen atoms in total. The highest BCUT2D eigenvalue weighted by atomic mass is 16.3. The van der Waals surface area contributed by atoms with Gasteiger partial charge in [-0.05, 0) is 31.4 Å². The fourth-order valence-corrected chi connectivity index (χ4v) is 2.13. The quantitative estimate of drug-likeness (QED) is 0.664. The number of aromatic nitrogens is 1. The van der Waals surface area contributed by atoms with Gasteiger partial charge in [-0.2, -0.15) is 0 Å². The average molecular weight is 180 g/mol. The molecule has 1 aromatic heterocycles. The first-order valence-corrected chi connectivity index (χ1v) is 4.74. The van der Waals surface area contributed by atoms with E-state index in [1.165, 1.54) is 5.69 Å². The highest BCUT2D eigenvalue weighted by molar-refractivity contribution is 5.27. The van der Waals surface area contributed by atoms with Crippen molar-refractivity contribution in [3.05, 3.63) is 23.5 Å². The van der Waals surface area contributed by atoms with E-state index >= 15 is 0 Å². The molecule has 2 rings (SSSR count). The van der Waals surface area contributed by atoms with E-state index in [4.69, 9.17) is 5.73 Å². The van der Waals surface area contributed by atoms with Gasteiger partial charge in [-0.25, -0.2) is 0 Å². The van der Waals surface area contributed by atoms with Crippen molar-refractivity contribution in [2.24, 2.45) is 18.7 Å². The largest absolute Gasteiger partial charge is 0.388 e. The van der Waals surface area contributed by atoms with Crippen molar-refractivity contribution >= 4 is 0 Å². The molecule has 0 bridgehead atoms. The third kappa shape index (κ3) is 1.38. The number of nitrogens with two attached hydrogens (primary N) is 1. The van der Waals surface area contributed by atoms with Crippen LogP contribution in [0.3, 0.4) is 0 Å². The molecule has 3 heteroatoms. The molecular formula is C10H16N2O. The van der Waals surface area contributed by atoms with Crippen LogP contribution in [0.1, 0.15) is 23.8 Å². The summed E-state index contributed by atoms with van der Waals surface area (Å²) in [5.41, 5.74) is 7.96. The standard InChI is InChI=1S/C10H16N2O/c1-12-3-2-8-9(12)4-7(6-11)5-10(8)13/h2-3,7,10,13H,4-6,11H2,1H3. The van der Waals surface area contributed by atoms with Crippen molar-refractivity contribution in [3.8, 4) is 0 Å². The third-order valence-corrected chi connectivity index (χ3v) is 2.97. The maximum absolute atomic E-state index is 9.81. The molecule has 1 heterocycles. The van der Waals surface area contributed by atoms with Crippen molar-refractivity contribution in [1.29, 1.82) is 0 Å². The molecule has 0 saturated carbocycles. The van der Waals surface area contributed by atoms with Gasteiger partial charge in [0.05, 0.1) is 6.10 Å². The lowest BCUT2D eigenvalue weighted by Gasteiger charge is -2.26. The monoisotopic (exact) mass is 180 g/mol. The third-order valence-electron chi connectivity index (χ3n) is 2.97. The van der Waals surface area contributed by atoms with E-state index in [1.54, 1.807) is 0 Å². The van der Waals surface area contributed by atoms with Crippen LogP contribution in [0.5, 0.6) is 0 Å². The van der Waals surface area contributed by atoms with Crippen molar-refractivity contribution < 1.29 is 5.11 Å². The minimum atomic E-state index is -0.307. The van der Waals surface area contributed by atoms with Crippen molar-refractivity contribution in [1.82, 2.24) is 4.57 Å². The molecule has 0 amide bonds. The summed E-state index contributed by atoms with van der Waals surface area (Å²) < 4.78 is 2.08. The van der Waals surface area contributed by atoms with Crippen LogP contribution < -0.4 is 5.73 Å². The Hall–Kier alpha value is -0.800. The van der Waals surface area contributed by atoms with Gasteiger partial charge < -0.3 is 15.4 Å². The molecule has 0 radical (unpaired) electrons. The van der Waals surface area contributed by atoms with Gasteiger partial charge >= 0.3 is 0 Å². The molecule has 0 fully saturated rings. The van der Waals surface area contributed by atoms with Crippen molar-refractivity contribution in [2.45, 2.75) is 18.9 Å². The minimum Gasteiger partial charge on any atom is -0.388 e. The Kier molecular flexibility index (Phi) is 2.14. The van der Waals surface area contributed by atoms with Crippen LogP contribution in [0.2, 0.25) is 0 Å². The van der Waals surface area contributed by atoms with Gasteiger partial charge in [-0.15, -0.1) is 0 Å². The average Bonchev–Trinajstić information content (AvgIpc) is 2.48. The van der Waals surface area contributed by atoms with Gasteiger partial charge in [0.25, 0.3) is 0 Å². The number of aryl methyl sites for hydroxylation is 1. The van der Waals surface area contributed by atoms with Gasteiger partial charge in [0.15, 0.2) is 0 Å². The van der Waals surface area contributed by atoms with E-state index in [-0.39, 0.29) is 6.10 Å². The van der Waals surface area contributed by atoms with E-state index < -0.39 is 0 Å². The summed E-state index contributed by atoms with van der Waals surface area (Å²) in [4.78, 5) is 0. The number of hydrogen-bond donors (Lipinski definition) is 2. The second-order valence-corrected chi connectivity index (χ2v) is 3.89. The minimum absolute atomic E-state index is 0.307. The topological polar surface area (TPSA) is 51.2 Å². The first kappa shape index (κ1) is 8.78. The zero-order valence-corrected chi connectivity index (χ0v) is 7.90. The molecule has 0 aliphatic heterocycles. The Labute approximate surface area is 78.2 Å². The second kappa shape index (κ2) is 3.16. The number of nitrogens with zero attached hydrogens (tertiary/aromatic N) is 1. The molecular weight excluding hydrogens is 164 g/mol. The predicted octanol–water partition coefficient (Wildman–Crippen LogP) is 0.580. The Bertz CT molecular complexity index is 306. The molecule has 0 saturated heterocycles. The Balaban J connectivity index is 2.33. The summed E-state index contributed by atoms with van der Waals surface area (Å²) in [5, 5.41) is 9.81. The van der Waals surface area contributed by atoms with Gasteiger partial charge in [0.2, 0.25) is 0 Å². The number of aliphatic hydroxyl groups excluding tert-OH is 1. The van der Waals surface area contributed by atoms with Gasteiger partial charge in [0, 0.05) is 24.5 Å². The van der Waals surface area contributed by atoms with Gasteiger partial charge in [0.1, 0.15) is 0 Å². The van der Waals surface area contributed by atoms with Crippen LogP contribution in [-0.2, 0) is 13.5 Å². The Morgan fingerprint density at radius 1 is 1.69 bits per heavy atom. The summed E-state index contributed by atoms with van der Waals surface area (Å²) in [6.45, 7) is 0.668. The summed E-state index contributed by atoms with van der Waals surface area (Å²) >= 11 is 0. The highest BCUT2D eigenvalue weighted by Gasteiger charge is 2.26. The highest BCUT2D eigenvalue weighted by Crippen LogP contribution is 2.32. The molecule has 13 heavy (non-hydrogen) atoms. The summed E-state index contributed by atoms with van der Waals surface area (Å²) in [7, 11) is 2.02. The normalized spacial score (nSPS) is 27.3. The fourth-order valence-electron chi connectivity index (χ4n) is 2.13. The Morgan fingerprint density at radius 2 is 2.46 bits per heavy atom. The summed E-state index contributed by atoms with van der Waals surface area (Å²) in [5.74, 6) is 0.441. The van der Waals surface area contributed by atoms with Crippen LogP contribution in [-0.4, -0.2) is 16.2 Å². The molecule has 72 valence electrons. The molecule has 1 aliphatic rings. The number of fused-ring (bicyclic) bond motifs is 1. The van der Waals surface area contributed by atoms with E-state index in [0.717, 1.165) is 18.4 Å². The molecule has 1 aliphatic carbocycles. The molecule has 0 spiro atoms. The number of rotatable bonds is 1. The number of hydrogen-bond acceptors (Lipinski definition) is 2. The summed E-state index contributed by atoms with van der Waals surface area (Å²) in [6, 6.07) is 2.01. The van der Waals surface area contributed by atoms with Crippen LogP contribution in [0.15, 0.2) is 12.3 Å². The molecule has 2 atom stereocenters. The molecule has 3 N–H and O–H groups in total.